The standard InChI is InChI=1S/C19H17Cl2NO3/c1-24-14-4-3-12-5-11(6-18(25-2)15(12)9-14)10-22-13-7-16(20)19(23)17(21)8-13/h3-9,22-23H,10H2,1-2H3. The highest BCUT2D eigenvalue weighted by Crippen LogP contribution is 2.35. The van der Waals surface area contributed by atoms with Gasteiger partial charge in [0.1, 0.15) is 11.5 Å². The largest absolute Gasteiger partial charge is 0.505 e. The predicted molar refractivity (Wildman–Crippen MR) is 103 cm³/mol. The van der Waals surface area contributed by atoms with Crippen LogP contribution in [0, 0.1) is 0 Å². The molecular weight excluding hydrogens is 361 g/mol. The molecule has 3 aromatic rings. The van der Waals surface area contributed by atoms with Crippen LogP contribution in [-0.4, -0.2) is 19.3 Å². The van der Waals surface area contributed by atoms with Crippen molar-refractivity contribution in [3.8, 4) is 17.2 Å². The smallest absolute Gasteiger partial charge is 0.152 e. The molecular formula is C19H17Cl2NO3. The molecule has 0 aliphatic carbocycles. The summed E-state index contributed by atoms with van der Waals surface area (Å²) in [5.74, 6) is 1.44. The molecule has 0 unspecified atom stereocenters. The van der Waals surface area contributed by atoms with Crippen molar-refractivity contribution in [1.82, 2.24) is 0 Å². The van der Waals surface area contributed by atoms with E-state index in [1.54, 1.807) is 26.4 Å². The van der Waals surface area contributed by atoms with Gasteiger partial charge in [-0.1, -0.05) is 29.3 Å². The molecule has 0 amide bonds. The second kappa shape index (κ2) is 7.30. The van der Waals surface area contributed by atoms with Crippen molar-refractivity contribution in [1.29, 1.82) is 0 Å². The van der Waals surface area contributed by atoms with Crippen LogP contribution in [0.5, 0.6) is 17.2 Å². The first-order valence-corrected chi connectivity index (χ1v) is 8.34. The summed E-state index contributed by atoms with van der Waals surface area (Å²) in [6.07, 6.45) is 0. The van der Waals surface area contributed by atoms with Crippen LogP contribution in [0.3, 0.4) is 0 Å². The number of hydrogen-bond donors (Lipinski definition) is 2. The lowest BCUT2D eigenvalue weighted by molar-refractivity contribution is 0.412. The lowest BCUT2D eigenvalue weighted by atomic mass is 10.1. The summed E-state index contributed by atoms with van der Waals surface area (Å²) in [6.45, 7) is 0.551. The molecule has 0 fully saturated rings. The maximum Gasteiger partial charge on any atom is 0.152 e. The highest BCUT2D eigenvalue weighted by molar-refractivity contribution is 6.37. The van der Waals surface area contributed by atoms with Crippen molar-refractivity contribution in [2.75, 3.05) is 19.5 Å². The minimum Gasteiger partial charge on any atom is -0.505 e. The Labute approximate surface area is 155 Å². The first-order chi connectivity index (χ1) is 12.0. The van der Waals surface area contributed by atoms with E-state index in [2.05, 4.69) is 11.4 Å². The van der Waals surface area contributed by atoms with Gasteiger partial charge in [-0.25, -0.2) is 0 Å². The van der Waals surface area contributed by atoms with Gasteiger partial charge in [-0.2, -0.15) is 0 Å². The summed E-state index contributed by atoms with van der Waals surface area (Å²) in [6, 6.07) is 13.2. The van der Waals surface area contributed by atoms with Crippen LogP contribution < -0.4 is 14.8 Å². The van der Waals surface area contributed by atoms with E-state index >= 15 is 0 Å². The molecule has 0 aliphatic heterocycles. The lowest BCUT2D eigenvalue weighted by Gasteiger charge is -2.13. The molecule has 3 rings (SSSR count). The van der Waals surface area contributed by atoms with Gasteiger partial charge in [0.2, 0.25) is 0 Å². The van der Waals surface area contributed by atoms with E-state index in [9.17, 15) is 5.11 Å². The quantitative estimate of drug-likeness (QED) is 0.577. The van der Waals surface area contributed by atoms with Crippen molar-refractivity contribution in [2.45, 2.75) is 6.54 Å². The zero-order valence-corrected chi connectivity index (χ0v) is 15.3. The minimum atomic E-state index is -0.116. The Morgan fingerprint density at radius 2 is 1.68 bits per heavy atom. The van der Waals surface area contributed by atoms with Crippen molar-refractivity contribution in [3.63, 3.8) is 0 Å². The van der Waals surface area contributed by atoms with Crippen LogP contribution in [0.25, 0.3) is 10.8 Å². The zero-order valence-electron chi connectivity index (χ0n) is 13.8. The number of rotatable bonds is 5. The fraction of sp³-hybridized carbons (Fsp3) is 0.158. The van der Waals surface area contributed by atoms with Gasteiger partial charge >= 0.3 is 0 Å². The second-order valence-corrected chi connectivity index (χ2v) is 6.34. The van der Waals surface area contributed by atoms with E-state index in [4.69, 9.17) is 32.7 Å². The van der Waals surface area contributed by atoms with Crippen LogP contribution in [-0.2, 0) is 6.54 Å². The van der Waals surface area contributed by atoms with Crippen LogP contribution in [0.2, 0.25) is 10.0 Å². The van der Waals surface area contributed by atoms with Gasteiger partial charge in [-0.15, -0.1) is 0 Å². The number of methoxy groups -OCH3 is 2. The highest BCUT2D eigenvalue weighted by Gasteiger charge is 2.09. The first kappa shape index (κ1) is 17.5. The van der Waals surface area contributed by atoms with Crippen molar-refractivity contribution >= 4 is 39.7 Å². The molecule has 25 heavy (non-hydrogen) atoms. The summed E-state index contributed by atoms with van der Waals surface area (Å²) >= 11 is 11.9. The average Bonchev–Trinajstić information content (AvgIpc) is 2.63. The Kier molecular flexibility index (Phi) is 5.11. The Morgan fingerprint density at radius 3 is 2.32 bits per heavy atom. The van der Waals surface area contributed by atoms with E-state index < -0.39 is 0 Å². The Morgan fingerprint density at radius 1 is 0.960 bits per heavy atom. The monoisotopic (exact) mass is 377 g/mol. The molecule has 2 N–H and O–H groups in total. The van der Waals surface area contributed by atoms with E-state index in [1.165, 1.54) is 0 Å². The number of aromatic hydroxyl groups is 1. The summed E-state index contributed by atoms with van der Waals surface area (Å²) < 4.78 is 10.8. The van der Waals surface area contributed by atoms with E-state index in [-0.39, 0.29) is 15.8 Å². The van der Waals surface area contributed by atoms with E-state index in [0.717, 1.165) is 33.5 Å². The summed E-state index contributed by atoms with van der Waals surface area (Å²) in [5.41, 5.74) is 1.76. The van der Waals surface area contributed by atoms with Crippen molar-refractivity contribution in [2.24, 2.45) is 0 Å². The molecule has 0 radical (unpaired) electrons. The predicted octanol–water partition coefficient (Wildman–Crippen LogP) is 5.48. The number of hydrogen-bond acceptors (Lipinski definition) is 4. The third kappa shape index (κ3) is 3.70. The number of phenolic OH excluding ortho intramolecular Hbond substituents is 1. The molecule has 6 heteroatoms. The summed E-state index contributed by atoms with van der Waals surface area (Å²) in [4.78, 5) is 0. The van der Waals surface area contributed by atoms with Crippen LogP contribution in [0.1, 0.15) is 5.56 Å². The molecule has 3 aromatic carbocycles. The third-order valence-corrected chi connectivity index (χ3v) is 4.49. The lowest BCUT2D eigenvalue weighted by Crippen LogP contribution is -2.00. The number of benzene rings is 3. The van der Waals surface area contributed by atoms with Crippen LogP contribution in [0.15, 0.2) is 42.5 Å². The Bertz CT molecular complexity index is 905. The number of phenols is 1. The van der Waals surface area contributed by atoms with Gasteiger partial charge in [0.15, 0.2) is 5.75 Å². The average molecular weight is 378 g/mol. The number of nitrogens with one attached hydrogen (secondary N) is 1. The van der Waals surface area contributed by atoms with Gasteiger partial charge in [0.25, 0.3) is 0 Å². The Balaban J connectivity index is 1.89. The minimum absolute atomic E-state index is 0.116. The molecule has 0 saturated heterocycles. The highest BCUT2D eigenvalue weighted by atomic mass is 35.5. The maximum atomic E-state index is 9.63. The molecule has 4 nitrogen and oxygen atoms in total. The van der Waals surface area contributed by atoms with E-state index in [1.807, 2.05) is 24.3 Å². The maximum absolute atomic E-state index is 9.63. The zero-order chi connectivity index (χ0) is 18.0. The number of fused-ring (bicyclic) bond motifs is 1. The van der Waals surface area contributed by atoms with Gasteiger partial charge in [0.05, 0.1) is 24.3 Å². The molecule has 0 saturated carbocycles. The van der Waals surface area contributed by atoms with Crippen molar-refractivity contribution < 1.29 is 14.6 Å². The molecule has 0 heterocycles. The topological polar surface area (TPSA) is 50.7 Å². The summed E-state index contributed by atoms with van der Waals surface area (Å²) in [5, 5.41) is 15.3. The molecule has 0 spiro atoms. The van der Waals surface area contributed by atoms with Gasteiger partial charge in [0, 0.05) is 17.6 Å². The SMILES string of the molecule is COc1ccc2cc(CNc3cc(Cl)c(O)c(Cl)c3)cc(OC)c2c1. The molecule has 130 valence electrons. The number of anilines is 1. The van der Waals surface area contributed by atoms with E-state index in [0.29, 0.717) is 6.54 Å². The van der Waals surface area contributed by atoms with Gasteiger partial charge < -0.3 is 19.9 Å². The third-order valence-electron chi connectivity index (χ3n) is 3.92. The first-order valence-electron chi connectivity index (χ1n) is 7.58. The fourth-order valence-electron chi connectivity index (χ4n) is 2.63. The van der Waals surface area contributed by atoms with Crippen LogP contribution >= 0.6 is 23.2 Å². The molecule has 0 bridgehead atoms. The summed E-state index contributed by atoms with van der Waals surface area (Å²) in [7, 11) is 3.28. The molecule has 0 aliphatic rings. The number of ether oxygens (including phenoxy) is 2. The molecule has 0 atom stereocenters. The molecule has 0 aromatic heterocycles. The fourth-order valence-corrected chi connectivity index (χ4v) is 3.12. The van der Waals surface area contributed by atoms with Crippen molar-refractivity contribution in [3.05, 3.63) is 58.1 Å². The van der Waals surface area contributed by atoms with Crippen LogP contribution in [0.4, 0.5) is 5.69 Å². The Hall–Kier alpha value is -2.30. The normalized spacial score (nSPS) is 10.7. The van der Waals surface area contributed by atoms with Gasteiger partial charge in [-0.05, 0) is 47.3 Å². The van der Waals surface area contributed by atoms with Gasteiger partial charge in [-0.3, -0.25) is 0 Å². The second-order valence-electron chi connectivity index (χ2n) is 5.53. The number of halogens is 2.